The van der Waals surface area contributed by atoms with E-state index in [-0.39, 0.29) is 17.8 Å². The first-order valence-corrected chi connectivity index (χ1v) is 12.2. The molecule has 0 radical (unpaired) electrons. The molecule has 0 atom stereocenters. The van der Waals surface area contributed by atoms with Crippen LogP contribution in [-0.2, 0) is 18.3 Å². The number of aryl methyl sites for hydroxylation is 1. The maximum absolute atomic E-state index is 15.7. The second-order valence-corrected chi connectivity index (χ2v) is 10.1. The predicted molar refractivity (Wildman–Crippen MR) is 137 cm³/mol. The molecule has 4 aromatic rings. The SMILES string of the molecule is Cn1cc(Nc2ncc3cnn(Cc4c(F)ccc(N5CCN(C(=O)OC(C)(C)C)CC5)c4F)c3n2)cn1. The standard InChI is InChI=1S/C25H29F2N9O2/c1-25(2,3)38-24(37)35-9-7-34(8-10-35)20-6-5-19(26)18(21(20)27)15-36-22-16(12-30-36)11-28-23(32-22)31-17-13-29-33(4)14-17/h5-6,11-14H,7-10,15H2,1-4H3,(H,28,31,32). The van der Waals surface area contributed by atoms with Gasteiger partial charge in [0, 0.05) is 51.2 Å². The van der Waals surface area contributed by atoms with Crippen LogP contribution in [0.5, 0.6) is 0 Å². The van der Waals surface area contributed by atoms with E-state index in [9.17, 15) is 9.18 Å². The van der Waals surface area contributed by atoms with Crippen LogP contribution in [-0.4, -0.2) is 72.3 Å². The summed E-state index contributed by atoms with van der Waals surface area (Å²) in [5.41, 5.74) is 0.692. The van der Waals surface area contributed by atoms with Gasteiger partial charge in [-0.15, -0.1) is 0 Å². The maximum atomic E-state index is 15.7. The van der Waals surface area contributed by atoms with Crippen LogP contribution >= 0.6 is 0 Å². The number of nitrogens with one attached hydrogen (secondary N) is 1. The van der Waals surface area contributed by atoms with Crippen LogP contribution in [0.4, 0.5) is 30.9 Å². The monoisotopic (exact) mass is 525 g/mol. The number of carbonyl (C=O) groups excluding carboxylic acids is 1. The Labute approximate surface area is 218 Å². The van der Waals surface area contributed by atoms with E-state index in [2.05, 4.69) is 25.5 Å². The van der Waals surface area contributed by atoms with Crippen LogP contribution in [0.25, 0.3) is 11.0 Å². The van der Waals surface area contributed by atoms with Gasteiger partial charge in [-0.2, -0.15) is 15.2 Å². The van der Waals surface area contributed by atoms with Crippen LogP contribution in [0.3, 0.4) is 0 Å². The Bertz CT molecular complexity index is 1470. The molecule has 1 N–H and O–H groups in total. The summed E-state index contributed by atoms with van der Waals surface area (Å²) in [6.45, 7) is 6.79. The van der Waals surface area contributed by atoms with Gasteiger partial charge in [0.05, 0.1) is 35.7 Å². The number of ether oxygens (including phenoxy) is 1. The number of nitrogens with zero attached hydrogens (tertiary/aromatic N) is 8. The van der Waals surface area contributed by atoms with Gasteiger partial charge in [-0.3, -0.25) is 4.68 Å². The zero-order valence-electron chi connectivity index (χ0n) is 21.6. The van der Waals surface area contributed by atoms with E-state index in [1.165, 1.54) is 16.8 Å². The number of anilines is 3. The molecule has 13 heteroatoms. The topological polar surface area (TPSA) is 106 Å². The zero-order chi connectivity index (χ0) is 27.0. The number of hydrogen-bond acceptors (Lipinski definition) is 8. The highest BCUT2D eigenvalue weighted by atomic mass is 19.1. The first-order valence-electron chi connectivity index (χ1n) is 12.2. The smallest absolute Gasteiger partial charge is 0.410 e. The van der Waals surface area contributed by atoms with Crippen molar-refractivity contribution in [2.45, 2.75) is 32.9 Å². The van der Waals surface area contributed by atoms with Crippen molar-refractivity contribution in [3.05, 3.63) is 54.1 Å². The van der Waals surface area contributed by atoms with Gasteiger partial charge in [0.15, 0.2) is 11.5 Å². The van der Waals surface area contributed by atoms with E-state index in [1.54, 1.807) is 46.3 Å². The largest absolute Gasteiger partial charge is 0.444 e. The number of carbonyl (C=O) groups is 1. The minimum Gasteiger partial charge on any atom is -0.444 e. The molecule has 0 unspecified atom stereocenters. The van der Waals surface area contributed by atoms with Gasteiger partial charge in [-0.1, -0.05) is 0 Å². The van der Waals surface area contributed by atoms with Gasteiger partial charge in [-0.25, -0.2) is 23.2 Å². The number of halogens is 2. The molecule has 38 heavy (non-hydrogen) atoms. The number of hydrogen-bond donors (Lipinski definition) is 1. The number of benzene rings is 1. The lowest BCUT2D eigenvalue weighted by Crippen LogP contribution is -2.50. The lowest BCUT2D eigenvalue weighted by Gasteiger charge is -2.37. The molecule has 1 fully saturated rings. The Balaban J connectivity index is 1.34. The lowest BCUT2D eigenvalue weighted by molar-refractivity contribution is 0.0240. The van der Waals surface area contributed by atoms with Crippen molar-refractivity contribution in [2.75, 3.05) is 36.4 Å². The first-order chi connectivity index (χ1) is 18.1. The number of fused-ring (bicyclic) bond motifs is 1. The normalized spacial score (nSPS) is 14.3. The van der Waals surface area contributed by atoms with Gasteiger partial charge in [0.2, 0.25) is 5.95 Å². The number of piperazine rings is 1. The van der Waals surface area contributed by atoms with Crippen LogP contribution in [0, 0.1) is 11.6 Å². The summed E-state index contributed by atoms with van der Waals surface area (Å²) in [7, 11) is 1.79. The van der Waals surface area contributed by atoms with Gasteiger partial charge >= 0.3 is 6.09 Å². The van der Waals surface area contributed by atoms with E-state index >= 15 is 4.39 Å². The minimum atomic E-state index is -0.676. The fraction of sp³-hybridized carbons (Fsp3) is 0.400. The van der Waals surface area contributed by atoms with Gasteiger partial charge in [-0.05, 0) is 32.9 Å². The van der Waals surface area contributed by atoms with E-state index in [1.807, 2.05) is 20.8 Å². The van der Waals surface area contributed by atoms with Crippen molar-refractivity contribution in [3.63, 3.8) is 0 Å². The molecule has 0 spiro atoms. The molecular formula is C25H29F2N9O2. The summed E-state index contributed by atoms with van der Waals surface area (Å²) in [5, 5.41) is 12.1. The third kappa shape index (κ3) is 5.36. The molecule has 1 aliphatic rings. The summed E-state index contributed by atoms with van der Waals surface area (Å²) >= 11 is 0. The number of rotatable bonds is 5. The summed E-state index contributed by atoms with van der Waals surface area (Å²) in [6, 6.07) is 2.68. The van der Waals surface area contributed by atoms with Gasteiger partial charge in [0.1, 0.15) is 11.4 Å². The molecule has 0 bridgehead atoms. The second kappa shape index (κ2) is 9.88. The van der Waals surface area contributed by atoms with Gasteiger partial charge < -0.3 is 19.9 Å². The third-order valence-electron chi connectivity index (χ3n) is 6.08. The highest BCUT2D eigenvalue weighted by molar-refractivity contribution is 5.75. The molecule has 1 saturated heterocycles. The molecule has 0 aliphatic carbocycles. The molecule has 1 aromatic carbocycles. The van der Waals surface area contributed by atoms with Crippen molar-refractivity contribution in [2.24, 2.45) is 7.05 Å². The van der Waals surface area contributed by atoms with Crippen LogP contribution in [0.1, 0.15) is 26.3 Å². The van der Waals surface area contributed by atoms with Crippen LogP contribution in [0.2, 0.25) is 0 Å². The maximum Gasteiger partial charge on any atom is 0.410 e. The molecule has 11 nitrogen and oxygen atoms in total. The summed E-state index contributed by atoms with van der Waals surface area (Å²) in [6.07, 6.45) is 6.15. The molecule has 3 aromatic heterocycles. The molecular weight excluding hydrogens is 496 g/mol. The Morgan fingerprint density at radius 1 is 1.08 bits per heavy atom. The Morgan fingerprint density at radius 3 is 2.53 bits per heavy atom. The highest BCUT2D eigenvalue weighted by Crippen LogP contribution is 2.27. The molecule has 0 saturated carbocycles. The molecule has 200 valence electrons. The first kappa shape index (κ1) is 25.4. The summed E-state index contributed by atoms with van der Waals surface area (Å²) < 4.78 is 39.0. The molecule has 5 rings (SSSR count). The highest BCUT2D eigenvalue weighted by Gasteiger charge is 2.28. The quantitative estimate of drug-likeness (QED) is 0.421. The minimum absolute atomic E-state index is 0.123. The van der Waals surface area contributed by atoms with Crippen molar-refractivity contribution < 1.29 is 18.3 Å². The third-order valence-corrected chi connectivity index (χ3v) is 6.08. The average molecular weight is 526 g/mol. The van der Waals surface area contributed by atoms with Crippen molar-refractivity contribution in [1.29, 1.82) is 0 Å². The fourth-order valence-electron chi connectivity index (χ4n) is 4.24. The Hall–Kier alpha value is -4.29. The fourth-order valence-corrected chi connectivity index (χ4v) is 4.24. The van der Waals surface area contributed by atoms with E-state index in [4.69, 9.17) is 4.74 Å². The summed E-state index contributed by atoms with van der Waals surface area (Å²) in [4.78, 5) is 24.5. The Morgan fingerprint density at radius 2 is 1.84 bits per heavy atom. The van der Waals surface area contributed by atoms with Gasteiger partial charge in [0.25, 0.3) is 0 Å². The van der Waals surface area contributed by atoms with E-state index in [0.717, 1.165) is 0 Å². The molecule has 4 heterocycles. The zero-order valence-corrected chi connectivity index (χ0v) is 21.6. The van der Waals surface area contributed by atoms with Crippen molar-refractivity contribution >= 4 is 34.4 Å². The molecule has 1 aliphatic heterocycles. The lowest BCUT2D eigenvalue weighted by atomic mass is 10.1. The predicted octanol–water partition coefficient (Wildman–Crippen LogP) is 3.69. The van der Waals surface area contributed by atoms with Crippen LogP contribution in [0.15, 0.2) is 36.9 Å². The Kier molecular flexibility index (Phi) is 6.59. The number of aromatic nitrogens is 6. The molecule has 1 amide bonds. The van der Waals surface area contributed by atoms with E-state index < -0.39 is 23.3 Å². The summed E-state index contributed by atoms with van der Waals surface area (Å²) in [5.74, 6) is -1.03. The second-order valence-electron chi connectivity index (χ2n) is 10.1. The van der Waals surface area contributed by atoms with E-state index in [0.29, 0.717) is 48.8 Å². The van der Waals surface area contributed by atoms with Crippen molar-refractivity contribution in [1.82, 2.24) is 34.4 Å². The number of amides is 1. The average Bonchev–Trinajstić information content (AvgIpc) is 3.46. The van der Waals surface area contributed by atoms with Crippen molar-refractivity contribution in [3.8, 4) is 0 Å². The van der Waals surface area contributed by atoms with Crippen LogP contribution < -0.4 is 10.2 Å².